The van der Waals surface area contributed by atoms with Crippen molar-refractivity contribution < 1.29 is 0 Å². The first kappa shape index (κ1) is 9.03. The van der Waals surface area contributed by atoms with Crippen LogP contribution in [0.2, 0.25) is 4.94 Å². The van der Waals surface area contributed by atoms with E-state index in [0.717, 1.165) is 0 Å². The predicted octanol–water partition coefficient (Wildman–Crippen LogP) is 1.31. The molecule has 26 valence electrons. The summed E-state index contributed by atoms with van der Waals surface area (Å²) >= 11 is -0.298. The molecule has 0 nitrogen and oxygen atoms in total. The van der Waals surface area contributed by atoms with Gasteiger partial charge < -0.3 is 0 Å². The monoisotopic (exact) mass is 206 g/mol. The molecule has 0 aromatic heterocycles. The Morgan fingerprint density at radius 3 is 1.75 bits per heavy atom. The first-order valence-corrected chi connectivity index (χ1v) is 7.16. The fraction of sp³-hybridized carbons (Fsp3) is 1.00. The first-order valence-electron chi connectivity index (χ1n) is 0.689. The Hall–Kier alpha value is 1.38. The van der Waals surface area contributed by atoms with Gasteiger partial charge in [-0.1, -0.05) is 0 Å². The molecule has 0 aromatic carbocycles. The first-order chi connectivity index (χ1) is 1.41. The van der Waals surface area contributed by atoms with E-state index in [4.69, 9.17) is 8.92 Å². The Morgan fingerprint density at radius 2 is 1.75 bits per heavy atom. The second kappa shape index (κ2) is 8.83. The van der Waals surface area contributed by atoms with E-state index in [1.54, 1.807) is 0 Å². The number of hydrogen-bond donors (Lipinski definition) is 0. The third-order valence-corrected chi connectivity index (χ3v) is 0. The summed E-state index contributed by atoms with van der Waals surface area (Å²) < 4.78 is 0. The van der Waals surface area contributed by atoms with Crippen molar-refractivity contribution in [3.8, 4) is 0 Å². The number of rotatable bonds is 0. The van der Waals surface area contributed by atoms with Crippen molar-refractivity contribution in [2.24, 2.45) is 0 Å². The van der Waals surface area contributed by atoms with E-state index in [1.807, 2.05) is 0 Å². The minimum atomic E-state index is -0.298. The molecule has 0 aliphatic heterocycles. The van der Waals surface area contributed by atoms with Crippen LogP contribution in [0.15, 0.2) is 0 Å². The molecule has 0 saturated heterocycles. The average Bonchev–Trinajstić information content (AvgIpc) is 0.918. The Balaban J connectivity index is 0. The average molecular weight is 206 g/mol. The zero-order valence-corrected chi connectivity index (χ0v) is 6.71. The maximum atomic E-state index is 5.17. The van der Waals surface area contributed by atoms with E-state index in [-0.39, 0.29) is 32.4 Å². The van der Waals surface area contributed by atoms with Crippen LogP contribution in [0.4, 0.5) is 0 Å². The fourth-order valence-electron chi connectivity index (χ4n) is 0. The Labute approximate surface area is 46.3 Å². The molecule has 0 aliphatic rings. The van der Waals surface area contributed by atoms with Crippen molar-refractivity contribution in [1.82, 2.24) is 0 Å². The van der Waals surface area contributed by atoms with Crippen molar-refractivity contribution in [3.05, 3.63) is 0 Å². The van der Waals surface area contributed by atoms with E-state index in [1.165, 1.54) is 0 Å². The molecule has 0 aliphatic carbocycles. The van der Waals surface area contributed by atoms with Crippen LogP contribution in [-0.4, -0.2) is 20.0 Å². The third kappa shape index (κ3) is 10.1. The molecule has 0 N–H and O–H groups in total. The molecule has 2 radical (unpaired) electrons. The van der Waals surface area contributed by atoms with E-state index in [0.29, 0.717) is 0 Å². The molecular weight excluding hydrogens is 202 g/mol. The summed E-state index contributed by atoms with van der Waals surface area (Å²) in [5, 5.41) is 0. The van der Waals surface area contributed by atoms with E-state index in [2.05, 4.69) is 4.94 Å². The molecule has 0 rings (SSSR count). The van der Waals surface area contributed by atoms with Gasteiger partial charge in [0.1, 0.15) is 0 Å². The summed E-state index contributed by atoms with van der Waals surface area (Å²) in [5.41, 5.74) is 0. The second-order valence-corrected chi connectivity index (χ2v) is 3.80. The number of halogens is 2. The van der Waals surface area contributed by atoms with Crippen LogP contribution >= 0.6 is 21.3 Å². The van der Waals surface area contributed by atoms with Crippen LogP contribution in [0.3, 0.4) is 0 Å². The van der Waals surface area contributed by atoms with E-state index >= 15 is 0 Å². The minimum absolute atomic E-state index is 0. The normalized spacial score (nSPS) is 4.50. The van der Waals surface area contributed by atoms with Gasteiger partial charge in [0.05, 0.1) is 0 Å². The summed E-state index contributed by atoms with van der Waals surface area (Å²) in [7, 11) is 5.17. The van der Waals surface area contributed by atoms with Gasteiger partial charge in [0.2, 0.25) is 0 Å². The van der Waals surface area contributed by atoms with Crippen LogP contribution in [0.25, 0.3) is 0 Å². The van der Waals surface area contributed by atoms with Crippen LogP contribution in [0.1, 0.15) is 0 Å². The summed E-state index contributed by atoms with van der Waals surface area (Å²) in [6.07, 6.45) is 0. The summed E-state index contributed by atoms with van der Waals surface area (Å²) in [4.78, 5) is 2.06. The van der Waals surface area contributed by atoms with Crippen molar-refractivity contribution >= 4 is 41.3 Å². The predicted molar refractivity (Wildman–Crippen MR) is 24.7 cm³/mol. The SMILES string of the molecule is Cl.[CH3][Sn][Cl]. The van der Waals surface area contributed by atoms with Gasteiger partial charge in [0, 0.05) is 0 Å². The topological polar surface area (TPSA) is 0 Å². The second-order valence-electron chi connectivity index (χ2n) is 0.189. The molecule has 3 heteroatoms. The molecule has 4 heavy (non-hydrogen) atoms. The maximum absolute atomic E-state index is 5.17. The Kier molecular flexibility index (Phi) is 20.0. The summed E-state index contributed by atoms with van der Waals surface area (Å²) in [6.45, 7) is 0. The van der Waals surface area contributed by atoms with E-state index < -0.39 is 0 Å². The van der Waals surface area contributed by atoms with Gasteiger partial charge in [-0.05, 0) is 0 Å². The molecule has 0 bridgehead atoms. The summed E-state index contributed by atoms with van der Waals surface area (Å²) in [5.74, 6) is 0. The fourth-order valence-corrected chi connectivity index (χ4v) is 0. The Bertz CT molecular complexity index is 6.00. The molecule has 0 aromatic rings. The van der Waals surface area contributed by atoms with Crippen molar-refractivity contribution in [2.75, 3.05) is 0 Å². The van der Waals surface area contributed by atoms with Crippen molar-refractivity contribution in [3.63, 3.8) is 0 Å². The standard InChI is InChI=1S/CH3.2ClH.Sn/h1H3;2*1H;/q;;;+1/p-1. The molecule has 0 unspecified atom stereocenters. The quantitative estimate of drug-likeness (QED) is 0.524. The summed E-state index contributed by atoms with van der Waals surface area (Å²) in [6, 6.07) is 0. The van der Waals surface area contributed by atoms with Gasteiger partial charge in [-0.25, -0.2) is 0 Å². The molecule has 0 amide bonds. The zero-order valence-electron chi connectivity index (χ0n) is 2.29. The molecule has 0 heterocycles. The van der Waals surface area contributed by atoms with Crippen LogP contribution in [0.5, 0.6) is 0 Å². The third-order valence-electron chi connectivity index (χ3n) is 0. The van der Waals surface area contributed by atoms with Crippen LogP contribution in [0, 0.1) is 0 Å². The molecule has 0 saturated carbocycles. The van der Waals surface area contributed by atoms with Crippen LogP contribution in [-0.2, 0) is 0 Å². The van der Waals surface area contributed by atoms with Gasteiger partial charge in [-0.2, -0.15) is 0 Å². The van der Waals surface area contributed by atoms with Gasteiger partial charge in [-0.15, -0.1) is 12.4 Å². The Morgan fingerprint density at radius 1 is 1.75 bits per heavy atom. The van der Waals surface area contributed by atoms with Gasteiger partial charge in [0.15, 0.2) is 0 Å². The van der Waals surface area contributed by atoms with Gasteiger partial charge >= 0.3 is 33.9 Å². The van der Waals surface area contributed by atoms with Crippen LogP contribution < -0.4 is 0 Å². The van der Waals surface area contributed by atoms with Crippen molar-refractivity contribution in [1.29, 1.82) is 0 Å². The van der Waals surface area contributed by atoms with E-state index in [9.17, 15) is 0 Å². The molecule has 0 atom stereocenters. The molecule has 0 spiro atoms. The molecule has 0 fully saturated rings. The van der Waals surface area contributed by atoms with Gasteiger partial charge in [0.25, 0.3) is 0 Å². The number of hydrogen-bond acceptors (Lipinski definition) is 0. The van der Waals surface area contributed by atoms with Crippen molar-refractivity contribution in [2.45, 2.75) is 4.94 Å². The zero-order chi connectivity index (χ0) is 2.71. The molecular formula is CH4Cl2Sn. The van der Waals surface area contributed by atoms with Gasteiger partial charge in [-0.3, -0.25) is 0 Å².